The summed E-state index contributed by atoms with van der Waals surface area (Å²) in [6, 6.07) is 19.2. The average molecular weight is 564 g/mol. The molecule has 1 aliphatic heterocycles. The second-order valence-corrected chi connectivity index (χ2v) is 10.2. The molecule has 1 aliphatic rings. The number of rotatable bonds is 6. The normalized spacial score (nSPS) is 13.8. The monoisotopic (exact) mass is 563 g/mol. The number of benzene rings is 3. The molecular formula is C29H27Cl2N5O3. The zero-order valence-electron chi connectivity index (χ0n) is 21.5. The van der Waals surface area contributed by atoms with E-state index >= 15 is 0 Å². The number of nitrogens with one attached hydrogen (secondary N) is 1. The lowest BCUT2D eigenvalue weighted by Crippen LogP contribution is -2.47. The highest BCUT2D eigenvalue weighted by Crippen LogP contribution is 2.31. The van der Waals surface area contributed by atoms with E-state index in [0.29, 0.717) is 45.8 Å². The maximum absolute atomic E-state index is 13.8. The lowest BCUT2D eigenvalue weighted by molar-refractivity contribution is 0.0664. The van der Waals surface area contributed by atoms with Crippen LogP contribution in [0.25, 0.3) is 5.69 Å². The smallest absolute Gasteiger partial charge is 0.299 e. The van der Waals surface area contributed by atoms with E-state index in [4.69, 9.17) is 27.9 Å². The maximum atomic E-state index is 13.8. The van der Waals surface area contributed by atoms with Crippen molar-refractivity contribution in [2.24, 2.45) is 0 Å². The molecule has 1 amide bonds. The number of nitrogens with zero attached hydrogens (tertiary/aromatic N) is 4. The zero-order valence-corrected chi connectivity index (χ0v) is 23.0. The summed E-state index contributed by atoms with van der Waals surface area (Å²) in [6.45, 7) is 4.85. The molecule has 2 heterocycles. The van der Waals surface area contributed by atoms with E-state index in [0.717, 1.165) is 18.7 Å². The van der Waals surface area contributed by atoms with Crippen molar-refractivity contribution in [3.63, 3.8) is 0 Å². The molecule has 0 atom stereocenters. The van der Waals surface area contributed by atoms with E-state index in [2.05, 4.69) is 15.3 Å². The number of halogens is 2. The van der Waals surface area contributed by atoms with E-state index in [1.165, 1.54) is 10.9 Å². The van der Waals surface area contributed by atoms with Gasteiger partial charge in [-0.1, -0.05) is 41.4 Å². The number of ether oxygens (including phenoxy) is 1. The largest absolute Gasteiger partial charge is 0.453 e. The molecule has 0 aliphatic carbocycles. The number of hydrogen-bond donors (Lipinski definition) is 1. The van der Waals surface area contributed by atoms with Crippen LogP contribution in [-0.2, 0) is 0 Å². The molecule has 0 saturated carbocycles. The molecule has 4 aromatic rings. The van der Waals surface area contributed by atoms with Gasteiger partial charge in [0.2, 0.25) is 0 Å². The first kappa shape index (κ1) is 26.7. The standard InChI is InChI=1S/C29H27Cl2N5O3/c1-19-16-22(10-11-23(19)30)39-26-18-32-36(25-9-4-3-8-24(25)31)29(38)27(26)33-21-7-5-6-20(17-21)28(37)35-14-12-34(2)13-15-35/h3-11,16-18,33H,12-15H2,1-2H3. The van der Waals surface area contributed by atoms with E-state index in [1.807, 2.05) is 18.9 Å². The summed E-state index contributed by atoms with van der Waals surface area (Å²) >= 11 is 12.5. The fourth-order valence-corrected chi connectivity index (χ4v) is 4.63. The summed E-state index contributed by atoms with van der Waals surface area (Å²) in [6.07, 6.45) is 1.45. The van der Waals surface area contributed by atoms with Crippen molar-refractivity contribution >= 4 is 40.5 Å². The van der Waals surface area contributed by atoms with Crippen LogP contribution in [0.4, 0.5) is 11.4 Å². The Morgan fingerprint density at radius 3 is 2.46 bits per heavy atom. The third-order valence-corrected chi connectivity index (χ3v) is 7.29. The van der Waals surface area contributed by atoms with E-state index < -0.39 is 5.56 Å². The average Bonchev–Trinajstić information content (AvgIpc) is 2.93. The first-order valence-electron chi connectivity index (χ1n) is 12.5. The number of carbonyl (C=O) groups is 1. The molecule has 8 nitrogen and oxygen atoms in total. The highest BCUT2D eigenvalue weighted by Gasteiger charge is 2.21. The summed E-state index contributed by atoms with van der Waals surface area (Å²) in [7, 11) is 2.04. The lowest BCUT2D eigenvalue weighted by atomic mass is 10.1. The van der Waals surface area contributed by atoms with Gasteiger partial charge < -0.3 is 19.9 Å². The minimum Gasteiger partial charge on any atom is -0.453 e. The third kappa shape index (κ3) is 5.93. The number of aryl methyl sites for hydroxylation is 1. The molecule has 0 unspecified atom stereocenters. The summed E-state index contributed by atoms with van der Waals surface area (Å²) < 4.78 is 7.30. The predicted octanol–water partition coefficient (Wildman–Crippen LogP) is 5.77. The summed E-state index contributed by atoms with van der Waals surface area (Å²) in [5.41, 5.74) is 2.02. The number of aromatic nitrogens is 2. The molecule has 0 bridgehead atoms. The van der Waals surface area contributed by atoms with Crippen molar-refractivity contribution in [2.45, 2.75) is 6.92 Å². The Morgan fingerprint density at radius 1 is 0.949 bits per heavy atom. The number of amides is 1. The second-order valence-electron chi connectivity index (χ2n) is 9.37. The fraction of sp³-hybridized carbons (Fsp3) is 0.207. The Morgan fingerprint density at radius 2 is 1.72 bits per heavy atom. The molecule has 1 fully saturated rings. The summed E-state index contributed by atoms with van der Waals surface area (Å²) in [5, 5.41) is 8.48. The Balaban J connectivity index is 1.52. The van der Waals surface area contributed by atoms with Crippen LogP contribution in [0.2, 0.25) is 10.0 Å². The molecule has 200 valence electrons. The van der Waals surface area contributed by atoms with E-state index in [9.17, 15) is 9.59 Å². The number of carbonyl (C=O) groups excluding carboxylic acids is 1. The molecule has 1 aromatic heterocycles. The quantitative estimate of drug-likeness (QED) is 0.320. The van der Waals surface area contributed by atoms with Crippen LogP contribution in [0.15, 0.2) is 77.7 Å². The molecule has 3 aromatic carbocycles. The van der Waals surface area contributed by atoms with E-state index in [1.54, 1.807) is 66.7 Å². The number of piperazine rings is 1. The molecule has 39 heavy (non-hydrogen) atoms. The summed E-state index contributed by atoms with van der Waals surface area (Å²) in [5.74, 6) is 0.652. The van der Waals surface area contributed by atoms with Gasteiger partial charge in [0.05, 0.1) is 16.9 Å². The van der Waals surface area contributed by atoms with Gasteiger partial charge in [-0.15, -0.1) is 0 Å². The Labute approximate surface area is 236 Å². The van der Waals surface area contributed by atoms with Crippen LogP contribution in [0.5, 0.6) is 11.5 Å². The molecule has 5 rings (SSSR count). The highest BCUT2D eigenvalue weighted by molar-refractivity contribution is 6.32. The minimum atomic E-state index is -0.470. The second kappa shape index (κ2) is 11.5. The van der Waals surface area contributed by atoms with E-state index in [-0.39, 0.29) is 17.3 Å². The summed E-state index contributed by atoms with van der Waals surface area (Å²) in [4.78, 5) is 31.0. The zero-order chi connectivity index (χ0) is 27.5. The number of hydrogen-bond acceptors (Lipinski definition) is 6. The molecule has 1 N–H and O–H groups in total. The van der Waals surface area contributed by atoms with Crippen molar-refractivity contribution in [3.8, 4) is 17.2 Å². The van der Waals surface area contributed by atoms with Gasteiger partial charge in [0.25, 0.3) is 11.5 Å². The Bertz CT molecular complexity index is 1580. The Hall–Kier alpha value is -3.85. The topological polar surface area (TPSA) is 79.7 Å². The van der Waals surface area contributed by atoms with Crippen molar-refractivity contribution < 1.29 is 9.53 Å². The van der Waals surface area contributed by atoms with Crippen LogP contribution in [0.1, 0.15) is 15.9 Å². The molecule has 0 spiro atoms. The van der Waals surface area contributed by atoms with Crippen LogP contribution >= 0.6 is 23.2 Å². The first-order chi connectivity index (χ1) is 18.8. The number of likely N-dealkylation sites (N-methyl/N-ethyl adjacent to an activating group) is 1. The van der Waals surface area contributed by atoms with Gasteiger partial charge in [-0.3, -0.25) is 9.59 Å². The fourth-order valence-electron chi connectivity index (χ4n) is 4.30. The van der Waals surface area contributed by atoms with Gasteiger partial charge in [0.1, 0.15) is 5.75 Å². The van der Waals surface area contributed by atoms with Crippen molar-refractivity contribution in [3.05, 3.63) is 104 Å². The lowest BCUT2D eigenvalue weighted by Gasteiger charge is -2.32. The van der Waals surface area contributed by atoms with Crippen LogP contribution in [0, 0.1) is 6.92 Å². The number of anilines is 2. The highest BCUT2D eigenvalue weighted by atomic mass is 35.5. The Kier molecular flexibility index (Phi) is 7.88. The van der Waals surface area contributed by atoms with Gasteiger partial charge in [0.15, 0.2) is 11.4 Å². The van der Waals surface area contributed by atoms with Gasteiger partial charge in [0, 0.05) is 42.5 Å². The minimum absolute atomic E-state index is 0.0527. The van der Waals surface area contributed by atoms with Crippen LogP contribution < -0.4 is 15.6 Å². The van der Waals surface area contributed by atoms with Crippen molar-refractivity contribution in [2.75, 3.05) is 38.5 Å². The van der Waals surface area contributed by atoms with Gasteiger partial charge in [-0.2, -0.15) is 9.78 Å². The van der Waals surface area contributed by atoms with Crippen LogP contribution in [-0.4, -0.2) is 58.7 Å². The third-order valence-electron chi connectivity index (χ3n) is 6.55. The van der Waals surface area contributed by atoms with Crippen molar-refractivity contribution in [1.29, 1.82) is 0 Å². The molecular weight excluding hydrogens is 537 g/mol. The molecule has 10 heteroatoms. The first-order valence-corrected chi connectivity index (χ1v) is 13.2. The SMILES string of the molecule is Cc1cc(Oc2cnn(-c3ccccc3Cl)c(=O)c2Nc2cccc(C(=O)N3CCN(C)CC3)c2)ccc1Cl. The maximum Gasteiger partial charge on any atom is 0.299 e. The molecule has 0 radical (unpaired) electrons. The van der Waals surface area contributed by atoms with Crippen molar-refractivity contribution in [1.82, 2.24) is 19.6 Å². The van der Waals surface area contributed by atoms with Crippen LogP contribution in [0.3, 0.4) is 0 Å². The van der Waals surface area contributed by atoms with Gasteiger partial charge in [-0.25, -0.2) is 0 Å². The van der Waals surface area contributed by atoms with Gasteiger partial charge >= 0.3 is 0 Å². The number of para-hydroxylation sites is 1. The van der Waals surface area contributed by atoms with Gasteiger partial charge in [-0.05, 0) is 68.1 Å². The molecule has 1 saturated heterocycles. The predicted molar refractivity (Wildman–Crippen MR) is 154 cm³/mol.